The Morgan fingerprint density at radius 2 is 1.57 bits per heavy atom. The first-order valence-corrected chi connectivity index (χ1v) is 10.1. The number of ether oxygens (including phenoxy) is 1. The van der Waals surface area contributed by atoms with Gasteiger partial charge in [-0.1, -0.05) is 48.5 Å². The smallest absolute Gasteiger partial charge is 0.337 e. The number of carboxylic acids is 1. The van der Waals surface area contributed by atoms with Gasteiger partial charge in [-0.05, 0) is 35.9 Å². The molecule has 0 aliphatic carbocycles. The molecule has 0 aliphatic heterocycles. The monoisotopic (exact) mass is 397 g/mol. The van der Waals surface area contributed by atoms with E-state index in [9.17, 15) is 18.3 Å². The Labute approximate surface area is 163 Å². The maximum absolute atomic E-state index is 12.5. The lowest BCUT2D eigenvalue weighted by atomic mass is 10.1. The van der Waals surface area contributed by atoms with Gasteiger partial charge in [0, 0.05) is 6.42 Å². The number of aromatic carboxylic acids is 1. The van der Waals surface area contributed by atoms with Crippen LogP contribution in [0.15, 0.2) is 83.8 Å². The minimum absolute atomic E-state index is 0.0215. The highest BCUT2D eigenvalue weighted by Crippen LogP contribution is 2.25. The summed E-state index contributed by atoms with van der Waals surface area (Å²) in [5.41, 5.74) is 0.900. The van der Waals surface area contributed by atoms with Crippen LogP contribution in [0.1, 0.15) is 15.9 Å². The van der Waals surface area contributed by atoms with Gasteiger partial charge in [0.1, 0.15) is 5.75 Å². The van der Waals surface area contributed by atoms with Gasteiger partial charge in [0.25, 0.3) is 10.0 Å². The molecule has 0 saturated carbocycles. The number of carbonyl (C=O) groups is 1. The molecule has 0 amide bonds. The fourth-order valence-corrected chi connectivity index (χ4v) is 3.71. The summed E-state index contributed by atoms with van der Waals surface area (Å²) in [6, 6.07) is 21.8. The predicted molar refractivity (Wildman–Crippen MR) is 106 cm³/mol. The van der Waals surface area contributed by atoms with Crippen LogP contribution in [0, 0.1) is 0 Å². The quantitative estimate of drug-likeness (QED) is 0.603. The second-order valence-electron chi connectivity index (χ2n) is 6.02. The zero-order valence-corrected chi connectivity index (χ0v) is 15.7. The summed E-state index contributed by atoms with van der Waals surface area (Å²) >= 11 is 0. The van der Waals surface area contributed by atoms with E-state index in [1.54, 1.807) is 24.3 Å². The second-order valence-corrected chi connectivity index (χ2v) is 7.70. The van der Waals surface area contributed by atoms with Crippen molar-refractivity contribution in [2.45, 2.75) is 11.3 Å². The van der Waals surface area contributed by atoms with Crippen molar-refractivity contribution in [2.24, 2.45) is 0 Å². The van der Waals surface area contributed by atoms with Crippen molar-refractivity contribution in [3.05, 3.63) is 90.0 Å². The third-order valence-corrected chi connectivity index (χ3v) is 5.40. The minimum atomic E-state index is -3.89. The molecular weight excluding hydrogens is 378 g/mol. The van der Waals surface area contributed by atoms with E-state index in [4.69, 9.17) is 4.74 Å². The van der Waals surface area contributed by atoms with Gasteiger partial charge in [0.15, 0.2) is 0 Å². The first-order valence-electron chi connectivity index (χ1n) is 8.58. The van der Waals surface area contributed by atoms with E-state index in [0.717, 1.165) is 5.56 Å². The van der Waals surface area contributed by atoms with Gasteiger partial charge in [-0.3, -0.25) is 4.72 Å². The average Bonchev–Trinajstić information content (AvgIpc) is 2.70. The van der Waals surface area contributed by atoms with Crippen molar-refractivity contribution in [2.75, 3.05) is 11.3 Å². The molecular formula is C21H19NO5S. The lowest BCUT2D eigenvalue weighted by Gasteiger charge is -2.13. The van der Waals surface area contributed by atoms with Crippen molar-refractivity contribution in [1.29, 1.82) is 0 Å². The van der Waals surface area contributed by atoms with Gasteiger partial charge in [-0.25, -0.2) is 13.2 Å². The molecule has 0 fully saturated rings. The van der Waals surface area contributed by atoms with E-state index in [0.29, 0.717) is 18.8 Å². The Morgan fingerprint density at radius 3 is 2.21 bits per heavy atom. The van der Waals surface area contributed by atoms with Crippen molar-refractivity contribution >= 4 is 21.7 Å². The number of rotatable bonds is 8. The third-order valence-electron chi connectivity index (χ3n) is 4.02. The molecule has 0 saturated heterocycles. The van der Waals surface area contributed by atoms with Crippen LogP contribution in [0.2, 0.25) is 0 Å². The Balaban J connectivity index is 1.75. The number of hydrogen-bond donors (Lipinski definition) is 2. The van der Waals surface area contributed by atoms with Gasteiger partial charge < -0.3 is 9.84 Å². The number of benzene rings is 3. The molecule has 144 valence electrons. The molecule has 3 rings (SSSR count). The van der Waals surface area contributed by atoms with Gasteiger partial charge in [-0.2, -0.15) is 0 Å². The van der Waals surface area contributed by atoms with Crippen LogP contribution in [-0.4, -0.2) is 26.1 Å². The van der Waals surface area contributed by atoms with Crippen molar-refractivity contribution in [3.63, 3.8) is 0 Å². The number of hydrogen-bond acceptors (Lipinski definition) is 4. The SMILES string of the molecule is O=C(O)c1cc(OCCc2ccccc2)ccc1NS(=O)(=O)c1ccccc1. The molecule has 0 radical (unpaired) electrons. The van der Waals surface area contributed by atoms with Crippen LogP contribution in [0.25, 0.3) is 0 Å². The molecule has 7 heteroatoms. The summed E-state index contributed by atoms with van der Waals surface area (Å²) in [4.78, 5) is 11.7. The molecule has 0 atom stereocenters. The predicted octanol–water partition coefficient (Wildman–Crippen LogP) is 3.81. The molecule has 0 bridgehead atoms. The molecule has 0 unspecified atom stereocenters. The van der Waals surface area contributed by atoms with Crippen LogP contribution < -0.4 is 9.46 Å². The topological polar surface area (TPSA) is 92.7 Å². The Kier molecular flexibility index (Phi) is 5.96. The summed E-state index contributed by atoms with van der Waals surface area (Å²) < 4.78 is 32.9. The summed E-state index contributed by atoms with van der Waals surface area (Å²) in [6.07, 6.45) is 0.672. The Hall–Kier alpha value is -3.32. The first kappa shape index (κ1) is 19.4. The summed E-state index contributed by atoms with van der Waals surface area (Å²) in [6.45, 7) is 0.373. The maximum Gasteiger partial charge on any atom is 0.337 e. The van der Waals surface area contributed by atoms with Gasteiger partial charge in [0.05, 0.1) is 22.8 Å². The maximum atomic E-state index is 12.5. The van der Waals surface area contributed by atoms with E-state index in [1.807, 2.05) is 30.3 Å². The molecule has 0 spiro atoms. The van der Waals surface area contributed by atoms with Crippen LogP contribution in [0.3, 0.4) is 0 Å². The highest BCUT2D eigenvalue weighted by atomic mass is 32.2. The lowest BCUT2D eigenvalue weighted by molar-refractivity contribution is 0.0697. The van der Waals surface area contributed by atoms with Crippen molar-refractivity contribution < 1.29 is 23.1 Å². The Bertz CT molecular complexity index is 1050. The summed E-state index contributed by atoms with van der Waals surface area (Å²) in [5.74, 6) is -0.893. The molecule has 3 aromatic rings. The van der Waals surface area contributed by atoms with Crippen LogP contribution in [-0.2, 0) is 16.4 Å². The summed E-state index contributed by atoms with van der Waals surface area (Å²) in [7, 11) is -3.89. The van der Waals surface area contributed by atoms with E-state index in [1.165, 1.54) is 24.3 Å². The highest BCUT2D eigenvalue weighted by Gasteiger charge is 2.19. The zero-order valence-electron chi connectivity index (χ0n) is 14.9. The molecule has 0 aromatic heterocycles. The average molecular weight is 397 g/mol. The zero-order chi connectivity index (χ0) is 20.0. The number of sulfonamides is 1. The number of carboxylic acid groups (broad SMARTS) is 1. The molecule has 0 heterocycles. The fourth-order valence-electron chi connectivity index (χ4n) is 2.61. The number of anilines is 1. The van der Waals surface area contributed by atoms with E-state index >= 15 is 0 Å². The second kappa shape index (κ2) is 8.58. The highest BCUT2D eigenvalue weighted by molar-refractivity contribution is 7.92. The van der Waals surface area contributed by atoms with Crippen LogP contribution in [0.5, 0.6) is 5.75 Å². The molecule has 6 nitrogen and oxygen atoms in total. The third kappa shape index (κ3) is 4.89. The largest absolute Gasteiger partial charge is 0.493 e. The van der Waals surface area contributed by atoms with Crippen molar-refractivity contribution in [3.8, 4) is 5.75 Å². The van der Waals surface area contributed by atoms with E-state index in [-0.39, 0.29) is 16.1 Å². The van der Waals surface area contributed by atoms with Gasteiger partial charge in [0.2, 0.25) is 0 Å². The molecule has 2 N–H and O–H groups in total. The normalized spacial score (nSPS) is 11.0. The van der Waals surface area contributed by atoms with Crippen LogP contribution >= 0.6 is 0 Å². The lowest BCUT2D eigenvalue weighted by Crippen LogP contribution is -2.15. The molecule has 28 heavy (non-hydrogen) atoms. The van der Waals surface area contributed by atoms with Gasteiger partial charge in [-0.15, -0.1) is 0 Å². The van der Waals surface area contributed by atoms with E-state index in [2.05, 4.69) is 4.72 Å². The van der Waals surface area contributed by atoms with Crippen LogP contribution in [0.4, 0.5) is 5.69 Å². The van der Waals surface area contributed by atoms with Crippen molar-refractivity contribution in [1.82, 2.24) is 0 Å². The standard InChI is InChI=1S/C21H19NO5S/c23-21(24)19-15-17(27-14-13-16-7-3-1-4-8-16)11-12-20(19)22-28(25,26)18-9-5-2-6-10-18/h1-12,15,22H,13-14H2,(H,23,24). The van der Waals surface area contributed by atoms with E-state index < -0.39 is 16.0 Å². The number of nitrogens with one attached hydrogen (secondary N) is 1. The van der Waals surface area contributed by atoms with Gasteiger partial charge >= 0.3 is 5.97 Å². The minimum Gasteiger partial charge on any atom is -0.493 e. The summed E-state index contributed by atoms with van der Waals surface area (Å²) in [5, 5.41) is 9.47. The molecule has 0 aliphatic rings. The fraction of sp³-hybridized carbons (Fsp3) is 0.0952. The molecule has 3 aromatic carbocycles. The Morgan fingerprint density at radius 1 is 0.929 bits per heavy atom. The first-order chi connectivity index (χ1) is 13.5.